The second-order valence-corrected chi connectivity index (χ2v) is 7.26. The molecular formula is C20H16FNO3S. The van der Waals surface area contributed by atoms with Crippen LogP contribution in [0.5, 0.6) is 0 Å². The fourth-order valence-corrected chi connectivity index (χ4v) is 4.09. The Hall–Kier alpha value is -2.73. The lowest BCUT2D eigenvalue weighted by molar-refractivity contribution is -0.135. The Morgan fingerprint density at radius 1 is 1.12 bits per heavy atom. The Kier molecular flexibility index (Phi) is 4.42. The highest BCUT2D eigenvalue weighted by atomic mass is 32.1. The van der Waals surface area contributed by atoms with Gasteiger partial charge in [0.25, 0.3) is 5.91 Å². The molecule has 0 spiro atoms. The molecule has 0 aliphatic carbocycles. The average molecular weight is 369 g/mol. The van der Waals surface area contributed by atoms with E-state index in [1.165, 1.54) is 17.7 Å². The van der Waals surface area contributed by atoms with Gasteiger partial charge in [-0.05, 0) is 35.7 Å². The Bertz CT molecular complexity index is 998. The summed E-state index contributed by atoms with van der Waals surface area (Å²) >= 11 is 1.16. The molecule has 1 aromatic heterocycles. The summed E-state index contributed by atoms with van der Waals surface area (Å²) in [6.07, 6.45) is 0.797. The Labute approximate surface area is 153 Å². The van der Waals surface area contributed by atoms with Gasteiger partial charge in [-0.15, -0.1) is 11.3 Å². The molecule has 0 bridgehead atoms. The number of ether oxygens (including phenoxy) is 1. The van der Waals surface area contributed by atoms with E-state index in [2.05, 4.69) is 6.07 Å². The first-order chi connectivity index (χ1) is 12.6. The second-order valence-electron chi connectivity index (χ2n) is 6.17. The van der Waals surface area contributed by atoms with Crippen molar-refractivity contribution in [1.82, 2.24) is 4.90 Å². The van der Waals surface area contributed by atoms with Crippen LogP contribution in [0.4, 0.5) is 4.39 Å². The summed E-state index contributed by atoms with van der Waals surface area (Å²) in [6, 6.07) is 14.2. The smallest absolute Gasteiger partial charge is 0.348 e. The van der Waals surface area contributed by atoms with E-state index < -0.39 is 5.97 Å². The van der Waals surface area contributed by atoms with Crippen LogP contribution in [0.2, 0.25) is 0 Å². The molecule has 1 aliphatic rings. The molecule has 0 saturated heterocycles. The minimum atomic E-state index is -0.601. The van der Waals surface area contributed by atoms with Gasteiger partial charge in [-0.25, -0.2) is 9.18 Å². The van der Waals surface area contributed by atoms with Crippen LogP contribution >= 0.6 is 11.3 Å². The van der Waals surface area contributed by atoms with Gasteiger partial charge in [0, 0.05) is 23.2 Å². The van der Waals surface area contributed by atoms with Crippen LogP contribution in [0.15, 0.2) is 48.5 Å². The number of carbonyl (C=O) groups is 2. The monoisotopic (exact) mass is 369 g/mol. The van der Waals surface area contributed by atoms with Crippen molar-refractivity contribution in [2.75, 3.05) is 13.2 Å². The first-order valence-electron chi connectivity index (χ1n) is 8.31. The van der Waals surface area contributed by atoms with Gasteiger partial charge >= 0.3 is 5.97 Å². The molecule has 3 aromatic rings. The normalized spacial score (nSPS) is 13.5. The van der Waals surface area contributed by atoms with Gasteiger partial charge in [-0.2, -0.15) is 0 Å². The Morgan fingerprint density at radius 3 is 2.73 bits per heavy atom. The number of halogens is 1. The molecule has 132 valence electrons. The van der Waals surface area contributed by atoms with Crippen molar-refractivity contribution >= 4 is 33.3 Å². The molecule has 1 amide bonds. The van der Waals surface area contributed by atoms with Crippen LogP contribution in [0, 0.1) is 5.82 Å². The van der Waals surface area contributed by atoms with E-state index in [0.29, 0.717) is 28.1 Å². The maximum Gasteiger partial charge on any atom is 0.348 e. The maximum absolute atomic E-state index is 13.7. The molecular weight excluding hydrogens is 353 g/mol. The second kappa shape index (κ2) is 6.88. The molecule has 6 heteroatoms. The Balaban J connectivity index is 1.39. The molecule has 2 aromatic carbocycles. The highest BCUT2D eigenvalue weighted by molar-refractivity contribution is 7.20. The van der Waals surface area contributed by atoms with Crippen molar-refractivity contribution in [3.8, 4) is 0 Å². The fourth-order valence-electron chi connectivity index (χ4n) is 3.12. The number of hydrogen-bond donors (Lipinski definition) is 0. The molecule has 26 heavy (non-hydrogen) atoms. The van der Waals surface area contributed by atoms with E-state index in [4.69, 9.17) is 4.74 Å². The van der Waals surface area contributed by atoms with Crippen LogP contribution in [-0.2, 0) is 22.5 Å². The number of benzene rings is 2. The predicted octanol–water partition coefficient (Wildman–Crippen LogP) is 3.78. The van der Waals surface area contributed by atoms with Crippen LogP contribution < -0.4 is 0 Å². The predicted molar refractivity (Wildman–Crippen MR) is 97.6 cm³/mol. The van der Waals surface area contributed by atoms with Gasteiger partial charge in [-0.3, -0.25) is 4.79 Å². The quantitative estimate of drug-likeness (QED) is 0.660. The van der Waals surface area contributed by atoms with Crippen molar-refractivity contribution in [3.05, 3.63) is 70.4 Å². The zero-order valence-corrected chi connectivity index (χ0v) is 14.7. The third-order valence-corrected chi connectivity index (χ3v) is 5.60. The fraction of sp³-hybridized carbons (Fsp3) is 0.200. The van der Waals surface area contributed by atoms with Gasteiger partial charge < -0.3 is 9.64 Å². The summed E-state index contributed by atoms with van der Waals surface area (Å²) in [5.41, 5.74) is 2.37. The van der Waals surface area contributed by atoms with E-state index in [-0.39, 0.29) is 18.3 Å². The average Bonchev–Trinajstić information content (AvgIpc) is 3.11. The number of thiophene rings is 1. The van der Waals surface area contributed by atoms with Crippen LogP contribution in [0.25, 0.3) is 10.1 Å². The number of rotatable bonds is 3. The largest absolute Gasteiger partial charge is 0.451 e. The molecule has 0 atom stereocenters. The van der Waals surface area contributed by atoms with E-state index in [1.807, 2.05) is 18.2 Å². The number of esters is 1. The lowest BCUT2D eigenvalue weighted by Gasteiger charge is -2.28. The highest BCUT2D eigenvalue weighted by Crippen LogP contribution is 2.28. The first-order valence-corrected chi connectivity index (χ1v) is 9.13. The van der Waals surface area contributed by atoms with Crippen molar-refractivity contribution in [2.24, 2.45) is 0 Å². The number of carbonyl (C=O) groups excluding carboxylic acids is 2. The van der Waals surface area contributed by atoms with Crippen molar-refractivity contribution in [3.63, 3.8) is 0 Å². The summed E-state index contributed by atoms with van der Waals surface area (Å²) in [6.45, 7) is 0.833. The highest BCUT2D eigenvalue weighted by Gasteiger charge is 2.22. The van der Waals surface area contributed by atoms with Gasteiger partial charge in [0.05, 0.1) is 0 Å². The van der Waals surface area contributed by atoms with Gasteiger partial charge in [0.2, 0.25) is 0 Å². The van der Waals surface area contributed by atoms with E-state index >= 15 is 0 Å². The summed E-state index contributed by atoms with van der Waals surface area (Å²) in [5, 5.41) is 0.392. The third-order valence-electron chi connectivity index (χ3n) is 4.52. The molecule has 1 aliphatic heterocycles. The Morgan fingerprint density at radius 2 is 1.92 bits per heavy atom. The molecule has 0 fully saturated rings. The van der Waals surface area contributed by atoms with Gasteiger partial charge in [0.1, 0.15) is 10.7 Å². The maximum atomic E-state index is 13.7. The standard InChI is InChI=1S/C20H16FNO3S/c21-16-6-3-7-17-15(16)10-18(26-17)20(24)25-12-19(23)22-9-8-13-4-1-2-5-14(13)11-22/h1-7,10H,8-9,11-12H2. The summed E-state index contributed by atoms with van der Waals surface area (Å²) in [4.78, 5) is 26.6. The zero-order chi connectivity index (χ0) is 18.1. The van der Waals surface area contributed by atoms with Crippen LogP contribution in [-0.4, -0.2) is 29.9 Å². The first kappa shape index (κ1) is 16.7. The van der Waals surface area contributed by atoms with E-state index in [1.54, 1.807) is 17.0 Å². The van der Waals surface area contributed by atoms with Crippen molar-refractivity contribution in [1.29, 1.82) is 0 Å². The number of amides is 1. The van der Waals surface area contributed by atoms with Crippen molar-refractivity contribution < 1.29 is 18.7 Å². The number of nitrogens with zero attached hydrogens (tertiary/aromatic N) is 1. The lowest BCUT2D eigenvalue weighted by Crippen LogP contribution is -2.38. The number of hydrogen-bond acceptors (Lipinski definition) is 4. The molecule has 4 nitrogen and oxygen atoms in total. The SMILES string of the molecule is O=C(OCC(=O)N1CCc2ccccc2C1)c1cc2c(F)cccc2s1. The van der Waals surface area contributed by atoms with E-state index in [9.17, 15) is 14.0 Å². The van der Waals surface area contributed by atoms with E-state index in [0.717, 1.165) is 23.3 Å². The zero-order valence-electron chi connectivity index (χ0n) is 13.9. The van der Waals surface area contributed by atoms with Crippen molar-refractivity contribution in [2.45, 2.75) is 13.0 Å². The molecule has 0 radical (unpaired) electrons. The minimum Gasteiger partial charge on any atom is -0.451 e. The summed E-state index contributed by atoms with van der Waals surface area (Å²) < 4.78 is 19.6. The third kappa shape index (κ3) is 3.20. The number of fused-ring (bicyclic) bond motifs is 2. The van der Waals surface area contributed by atoms with Crippen LogP contribution in [0.3, 0.4) is 0 Å². The summed E-state index contributed by atoms with van der Waals surface area (Å²) in [7, 11) is 0. The van der Waals surface area contributed by atoms with Crippen LogP contribution in [0.1, 0.15) is 20.8 Å². The summed E-state index contributed by atoms with van der Waals surface area (Å²) in [5.74, 6) is -1.20. The minimum absolute atomic E-state index is 0.222. The van der Waals surface area contributed by atoms with Gasteiger partial charge in [-0.1, -0.05) is 30.3 Å². The molecule has 0 saturated carbocycles. The topological polar surface area (TPSA) is 46.6 Å². The lowest BCUT2D eigenvalue weighted by atomic mass is 10.00. The molecule has 2 heterocycles. The molecule has 0 N–H and O–H groups in total. The molecule has 4 rings (SSSR count). The van der Waals surface area contributed by atoms with Gasteiger partial charge in [0.15, 0.2) is 6.61 Å². The molecule has 0 unspecified atom stereocenters.